The summed E-state index contributed by atoms with van der Waals surface area (Å²) in [5.41, 5.74) is 1.00. The lowest BCUT2D eigenvalue weighted by molar-refractivity contribution is 0.0816. The van der Waals surface area contributed by atoms with E-state index in [4.69, 9.17) is 10.00 Å². The van der Waals surface area contributed by atoms with Gasteiger partial charge in [-0.25, -0.2) is 4.79 Å². The molecule has 0 atom stereocenters. The van der Waals surface area contributed by atoms with Gasteiger partial charge in [0.05, 0.1) is 6.07 Å². The molecule has 0 radical (unpaired) electrons. The summed E-state index contributed by atoms with van der Waals surface area (Å²) in [6.45, 7) is 1.81. The Morgan fingerprint density at radius 3 is 2.65 bits per heavy atom. The molecule has 20 heavy (non-hydrogen) atoms. The first-order chi connectivity index (χ1) is 9.79. The number of nitrogens with zero attached hydrogens (tertiary/aromatic N) is 2. The van der Waals surface area contributed by atoms with E-state index in [0.29, 0.717) is 18.9 Å². The van der Waals surface area contributed by atoms with Crippen LogP contribution in [0.4, 0.5) is 4.79 Å². The Morgan fingerprint density at radius 1 is 1.30 bits per heavy atom. The van der Waals surface area contributed by atoms with Crippen LogP contribution in [0, 0.1) is 17.2 Å². The minimum atomic E-state index is -0.229. The van der Waals surface area contributed by atoms with Gasteiger partial charge in [0, 0.05) is 19.5 Å². The Labute approximate surface area is 120 Å². The normalized spacial score (nSPS) is 15.7. The highest BCUT2D eigenvalue weighted by molar-refractivity contribution is 5.67. The zero-order valence-electron chi connectivity index (χ0n) is 11.6. The maximum absolute atomic E-state index is 11.9. The highest BCUT2D eigenvalue weighted by Crippen LogP contribution is 2.22. The van der Waals surface area contributed by atoms with Gasteiger partial charge < -0.3 is 9.64 Å². The molecule has 0 unspecified atom stereocenters. The quantitative estimate of drug-likeness (QED) is 0.844. The summed E-state index contributed by atoms with van der Waals surface area (Å²) in [5, 5.41) is 8.58. The minimum Gasteiger partial charge on any atom is -0.445 e. The van der Waals surface area contributed by atoms with Crippen LogP contribution in [0.2, 0.25) is 0 Å². The first kappa shape index (κ1) is 14.4. The van der Waals surface area contributed by atoms with Crippen molar-refractivity contribution in [3.05, 3.63) is 35.9 Å². The Morgan fingerprint density at radius 2 is 2.00 bits per heavy atom. The van der Waals surface area contributed by atoms with E-state index in [1.54, 1.807) is 4.90 Å². The summed E-state index contributed by atoms with van der Waals surface area (Å²) in [6, 6.07) is 11.9. The zero-order valence-corrected chi connectivity index (χ0v) is 11.6. The molecule has 1 saturated heterocycles. The molecule has 106 valence electrons. The molecule has 0 bridgehead atoms. The van der Waals surface area contributed by atoms with Gasteiger partial charge in [-0.1, -0.05) is 30.3 Å². The number of piperidine rings is 1. The molecule has 4 heteroatoms. The number of benzene rings is 1. The van der Waals surface area contributed by atoms with Gasteiger partial charge in [-0.15, -0.1) is 0 Å². The minimum absolute atomic E-state index is 0.229. The Hall–Kier alpha value is -2.02. The van der Waals surface area contributed by atoms with E-state index < -0.39 is 0 Å². The molecule has 0 saturated carbocycles. The van der Waals surface area contributed by atoms with E-state index in [-0.39, 0.29) is 6.09 Å². The number of hydrogen-bond donors (Lipinski definition) is 0. The van der Waals surface area contributed by atoms with Crippen LogP contribution in [0.5, 0.6) is 0 Å². The van der Waals surface area contributed by atoms with E-state index >= 15 is 0 Å². The molecule has 1 aliphatic rings. The molecule has 4 nitrogen and oxygen atoms in total. The largest absolute Gasteiger partial charge is 0.445 e. The van der Waals surface area contributed by atoms with Gasteiger partial charge in [0.1, 0.15) is 6.61 Å². The van der Waals surface area contributed by atoms with Crippen LogP contribution < -0.4 is 0 Å². The Bertz CT molecular complexity index is 459. The summed E-state index contributed by atoms with van der Waals surface area (Å²) in [7, 11) is 0. The number of carbonyl (C=O) groups excluding carboxylic acids is 1. The first-order valence-corrected chi connectivity index (χ1v) is 7.12. The fourth-order valence-corrected chi connectivity index (χ4v) is 2.48. The lowest BCUT2D eigenvalue weighted by atomic mass is 9.93. The predicted molar refractivity (Wildman–Crippen MR) is 75.8 cm³/mol. The third-order valence-electron chi connectivity index (χ3n) is 3.74. The topological polar surface area (TPSA) is 53.3 Å². The summed E-state index contributed by atoms with van der Waals surface area (Å²) in [4.78, 5) is 13.7. The van der Waals surface area contributed by atoms with Crippen LogP contribution in [0.15, 0.2) is 30.3 Å². The van der Waals surface area contributed by atoms with Crippen molar-refractivity contribution in [2.75, 3.05) is 13.1 Å². The summed E-state index contributed by atoms with van der Waals surface area (Å²) < 4.78 is 5.32. The Kier molecular flexibility index (Phi) is 5.43. The van der Waals surface area contributed by atoms with Gasteiger partial charge in [0.15, 0.2) is 0 Å². The molecule has 1 heterocycles. The van der Waals surface area contributed by atoms with E-state index in [1.807, 2.05) is 30.3 Å². The molecule has 0 aliphatic carbocycles. The summed E-state index contributed by atoms with van der Waals surface area (Å²) in [6.07, 6.45) is 3.28. The highest BCUT2D eigenvalue weighted by Gasteiger charge is 2.23. The number of rotatable bonds is 4. The maximum Gasteiger partial charge on any atom is 0.410 e. The third kappa shape index (κ3) is 4.27. The molecular weight excluding hydrogens is 252 g/mol. The third-order valence-corrected chi connectivity index (χ3v) is 3.74. The van der Waals surface area contributed by atoms with Crippen molar-refractivity contribution in [3.8, 4) is 6.07 Å². The fourth-order valence-electron chi connectivity index (χ4n) is 2.48. The number of hydrogen-bond acceptors (Lipinski definition) is 3. The number of carbonyl (C=O) groups is 1. The number of nitriles is 1. The average Bonchev–Trinajstić information content (AvgIpc) is 2.52. The van der Waals surface area contributed by atoms with Crippen LogP contribution in [0.25, 0.3) is 0 Å². The van der Waals surface area contributed by atoms with Crippen molar-refractivity contribution < 1.29 is 9.53 Å². The second kappa shape index (κ2) is 7.54. The van der Waals surface area contributed by atoms with E-state index in [0.717, 1.165) is 37.9 Å². The molecule has 1 aliphatic heterocycles. The van der Waals surface area contributed by atoms with Gasteiger partial charge in [-0.2, -0.15) is 5.26 Å². The number of ether oxygens (including phenoxy) is 1. The van der Waals surface area contributed by atoms with Gasteiger partial charge >= 0.3 is 6.09 Å². The predicted octanol–water partition coefficient (Wildman–Crippen LogP) is 3.34. The van der Waals surface area contributed by atoms with Crippen molar-refractivity contribution in [1.29, 1.82) is 5.26 Å². The van der Waals surface area contributed by atoms with E-state index in [2.05, 4.69) is 6.07 Å². The molecular formula is C16H20N2O2. The van der Waals surface area contributed by atoms with E-state index in [9.17, 15) is 4.79 Å². The summed E-state index contributed by atoms with van der Waals surface area (Å²) in [5.74, 6) is 0.577. The molecule has 0 spiro atoms. The molecule has 2 rings (SSSR count). The lowest BCUT2D eigenvalue weighted by Gasteiger charge is -2.30. The van der Waals surface area contributed by atoms with Crippen LogP contribution in [-0.2, 0) is 11.3 Å². The molecule has 0 N–H and O–H groups in total. The van der Waals surface area contributed by atoms with Crippen LogP contribution in [0.1, 0.15) is 31.2 Å². The first-order valence-electron chi connectivity index (χ1n) is 7.12. The summed E-state index contributed by atoms with van der Waals surface area (Å²) >= 11 is 0. The van der Waals surface area contributed by atoms with Crippen LogP contribution >= 0.6 is 0 Å². The lowest BCUT2D eigenvalue weighted by Crippen LogP contribution is -2.38. The van der Waals surface area contributed by atoms with Crippen molar-refractivity contribution in [3.63, 3.8) is 0 Å². The van der Waals surface area contributed by atoms with Crippen LogP contribution in [0.3, 0.4) is 0 Å². The fraction of sp³-hybridized carbons (Fsp3) is 0.500. The molecule has 0 aromatic heterocycles. The average molecular weight is 272 g/mol. The molecule has 1 aromatic carbocycles. The SMILES string of the molecule is N#CCCC1CCN(C(=O)OCc2ccccc2)CC1. The molecule has 1 aromatic rings. The highest BCUT2D eigenvalue weighted by atomic mass is 16.6. The number of likely N-dealkylation sites (tertiary alicyclic amines) is 1. The zero-order chi connectivity index (χ0) is 14.2. The standard InChI is InChI=1S/C16H20N2O2/c17-10-4-7-14-8-11-18(12-9-14)16(19)20-13-15-5-2-1-3-6-15/h1-3,5-6,14H,4,7-9,11-13H2. The molecule has 1 amide bonds. The van der Waals surface area contributed by atoms with Crippen molar-refractivity contribution in [2.45, 2.75) is 32.3 Å². The van der Waals surface area contributed by atoms with Crippen molar-refractivity contribution in [1.82, 2.24) is 4.90 Å². The van der Waals surface area contributed by atoms with Gasteiger partial charge in [0.25, 0.3) is 0 Å². The van der Waals surface area contributed by atoms with Crippen molar-refractivity contribution >= 4 is 6.09 Å². The van der Waals surface area contributed by atoms with Crippen LogP contribution in [-0.4, -0.2) is 24.1 Å². The van der Waals surface area contributed by atoms with Crippen molar-refractivity contribution in [2.24, 2.45) is 5.92 Å². The second-order valence-corrected chi connectivity index (χ2v) is 5.17. The maximum atomic E-state index is 11.9. The monoisotopic (exact) mass is 272 g/mol. The molecule has 1 fully saturated rings. The Balaban J connectivity index is 1.71. The van der Waals surface area contributed by atoms with E-state index in [1.165, 1.54) is 0 Å². The number of amides is 1. The van der Waals surface area contributed by atoms with Gasteiger partial charge in [0.2, 0.25) is 0 Å². The van der Waals surface area contributed by atoms with Gasteiger partial charge in [-0.3, -0.25) is 0 Å². The second-order valence-electron chi connectivity index (χ2n) is 5.17. The smallest absolute Gasteiger partial charge is 0.410 e. The van der Waals surface area contributed by atoms with Gasteiger partial charge in [-0.05, 0) is 30.7 Å².